The third kappa shape index (κ3) is 4.47. The van der Waals surface area contributed by atoms with E-state index in [1.54, 1.807) is 7.11 Å². The minimum atomic E-state index is -0.113. The van der Waals surface area contributed by atoms with Crippen LogP contribution in [-0.4, -0.2) is 19.7 Å². The quantitative estimate of drug-likeness (QED) is 0.712. The molecule has 94 valence electrons. The normalized spacial score (nSPS) is 10.1. The van der Waals surface area contributed by atoms with Gasteiger partial charge in [0.15, 0.2) is 0 Å². The van der Waals surface area contributed by atoms with Crippen LogP contribution in [-0.2, 0) is 16.0 Å². The highest BCUT2D eigenvalue weighted by atomic mass is 16.5. The summed E-state index contributed by atoms with van der Waals surface area (Å²) in [5, 5.41) is 0. The van der Waals surface area contributed by atoms with E-state index in [1.165, 1.54) is 5.56 Å². The fourth-order valence-electron chi connectivity index (χ4n) is 1.77. The predicted octanol–water partition coefficient (Wildman–Crippen LogP) is 2.89. The molecule has 1 rings (SSSR count). The number of aryl methyl sites for hydroxylation is 2. The standard InChI is InChI=1S/C14H20O3/c1-4-17-14(15)7-5-6-12-8-9-13(16-3)11(2)10-12/h8-10H,4-7H2,1-3H3. The summed E-state index contributed by atoms with van der Waals surface area (Å²) in [4.78, 5) is 11.2. The zero-order valence-corrected chi connectivity index (χ0v) is 10.8. The molecule has 3 heteroatoms. The first kappa shape index (κ1) is 13.6. The van der Waals surface area contributed by atoms with E-state index in [4.69, 9.17) is 9.47 Å². The highest BCUT2D eigenvalue weighted by Gasteiger charge is 2.03. The van der Waals surface area contributed by atoms with E-state index < -0.39 is 0 Å². The molecule has 0 aliphatic heterocycles. The van der Waals surface area contributed by atoms with Crippen LogP contribution < -0.4 is 4.74 Å². The fourth-order valence-corrected chi connectivity index (χ4v) is 1.77. The second kappa shape index (κ2) is 6.94. The Kier molecular flexibility index (Phi) is 5.53. The molecule has 0 aliphatic carbocycles. The van der Waals surface area contributed by atoms with E-state index >= 15 is 0 Å². The smallest absolute Gasteiger partial charge is 0.305 e. The van der Waals surface area contributed by atoms with Crippen LogP contribution in [0.15, 0.2) is 18.2 Å². The average Bonchev–Trinajstić information content (AvgIpc) is 2.29. The van der Waals surface area contributed by atoms with Crippen LogP contribution in [0.1, 0.15) is 30.9 Å². The first-order valence-electron chi connectivity index (χ1n) is 5.96. The molecule has 0 N–H and O–H groups in total. The number of ether oxygens (including phenoxy) is 2. The van der Waals surface area contributed by atoms with E-state index in [0.717, 1.165) is 24.2 Å². The van der Waals surface area contributed by atoms with Crippen LogP contribution in [0.25, 0.3) is 0 Å². The number of rotatable bonds is 6. The van der Waals surface area contributed by atoms with Gasteiger partial charge < -0.3 is 9.47 Å². The summed E-state index contributed by atoms with van der Waals surface area (Å²) < 4.78 is 10.1. The lowest BCUT2D eigenvalue weighted by molar-refractivity contribution is -0.143. The molecular weight excluding hydrogens is 216 g/mol. The number of methoxy groups -OCH3 is 1. The summed E-state index contributed by atoms with van der Waals surface area (Å²) in [5.74, 6) is 0.789. The van der Waals surface area contributed by atoms with Crippen LogP contribution >= 0.6 is 0 Å². The van der Waals surface area contributed by atoms with Gasteiger partial charge in [-0.1, -0.05) is 12.1 Å². The molecule has 0 bridgehead atoms. The molecule has 0 aliphatic rings. The molecule has 17 heavy (non-hydrogen) atoms. The monoisotopic (exact) mass is 236 g/mol. The van der Waals surface area contributed by atoms with Crippen molar-refractivity contribution in [3.05, 3.63) is 29.3 Å². The number of hydrogen-bond acceptors (Lipinski definition) is 3. The van der Waals surface area contributed by atoms with Crippen molar-refractivity contribution in [1.29, 1.82) is 0 Å². The van der Waals surface area contributed by atoms with Gasteiger partial charge in [-0.05, 0) is 43.9 Å². The molecule has 0 heterocycles. The molecule has 0 saturated carbocycles. The summed E-state index contributed by atoms with van der Waals surface area (Å²) in [6.07, 6.45) is 2.20. The van der Waals surface area contributed by atoms with Gasteiger partial charge >= 0.3 is 5.97 Å². The van der Waals surface area contributed by atoms with Gasteiger partial charge in [-0.3, -0.25) is 4.79 Å². The van der Waals surface area contributed by atoms with Crippen molar-refractivity contribution < 1.29 is 14.3 Å². The second-order valence-corrected chi connectivity index (χ2v) is 3.96. The van der Waals surface area contributed by atoms with Crippen molar-refractivity contribution in [2.24, 2.45) is 0 Å². The van der Waals surface area contributed by atoms with E-state index in [1.807, 2.05) is 26.0 Å². The van der Waals surface area contributed by atoms with Gasteiger partial charge in [0.1, 0.15) is 5.75 Å². The zero-order chi connectivity index (χ0) is 12.7. The zero-order valence-electron chi connectivity index (χ0n) is 10.8. The molecule has 0 saturated heterocycles. The van der Waals surface area contributed by atoms with Gasteiger partial charge in [0.05, 0.1) is 13.7 Å². The van der Waals surface area contributed by atoms with Gasteiger partial charge in [-0.15, -0.1) is 0 Å². The molecule has 0 radical (unpaired) electrons. The van der Waals surface area contributed by atoms with Crippen molar-refractivity contribution in [3.63, 3.8) is 0 Å². The first-order valence-corrected chi connectivity index (χ1v) is 5.96. The number of benzene rings is 1. The molecule has 0 unspecified atom stereocenters. The molecule has 0 spiro atoms. The second-order valence-electron chi connectivity index (χ2n) is 3.96. The van der Waals surface area contributed by atoms with Crippen molar-refractivity contribution in [2.45, 2.75) is 33.1 Å². The lowest BCUT2D eigenvalue weighted by Crippen LogP contribution is -2.04. The van der Waals surface area contributed by atoms with Crippen molar-refractivity contribution >= 4 is 5.97 Å². The third-order valence-corrected chi connectivity index (χ3v) is 2.61. The van der Waals surface area contributed by atoms with Gasteiger partial charge in [-0.2, -0.15) is 0 Å². The average molecular weight is 236 g/mol. The fraction of sp³-hybridized carbons (Fsp3) is 0.500. The summed E-state index contributed by atoms with van der Waals surface area (Å²) in [6.45, 7) is 4.30. The molecule has 0 amide bonds. The Bertz CT molecular complexity index is 372. The molecule has 0 atom stereocenters. The van der Waals surface area contributed by atoms with Crippen LogP contribution in [0.3, 0.4) is 0 Å². The minimum absolute atomic E-state index is 0.113. The Balaban J connectivity index is 2.42. The predicted molar refractivity (Wildman–Crippen MR) is 67.3 cm³/mol. The minimum Gasteiger partial charge on any atom is -0.496 e. The van der Waals surface area contributed by atoms with Gasteiger partial charge in [0, 0.05) is 6.42 Å². The SMILES string of the molecule is CCOC(=O)CCCc1ccc(OC)c(C)c1. The maximum atomic E-state index is 11.2. The third-order valence-electron chi connectivity index (χ3n) is 2.61. The molecule has 0 aromatic heterocycles. The number of hydrogen-bond donors (Lipinski definition) is 0. The Hall–Kier alpha value is -1.51. The molecular formula is C14H20O3. The summed E-state index contributed by atoms with van der Waals surface area (Å²) in [7, 11) is 1.67. The van der Waals surface area contributed by atoms with E-state index in [0.29, 0.717) is 13.0 Å². The van der Waals surface area contributed by atoms with Crippen molar-refractivity contribution in [3.8, 4) is 5.75 Å². The van der Waals surface area contributed by atoms with Gasteiger partial charge in [0.25, 0.3) is 0 Å². The molecule has 0 fully saturated rings. The Morgan fingerprint density at radius 1 is 1.35 bits per heavy atom. The molecule has 1 aromatic rings. The van der Waals surface area contributed by atoms with E-state index in [-0.39, 0.29) is 5.97 Å². The van der Waals surface area contributed by atoms with Crippen LogP contribution in [0, 0.1) is 6.92 Å². The van der Waals surface area contributed by atoms with Crippen LogP contribution in [0.4, 0.5) is 0 Å². The largest absolute Gasteiger partial charge is 0.496 e. The van der Waals surface area contributed by atoms with Crippen LogP contribution in [0.2, 0.25) is 0 Å². The van der Waals surface area contributed by atoms with Crippen molar-refractivity contribution in [2.75, 3.05) is 13.7 Å². The Labute approximate surface area is 103 Å². The van der Waals surface area contributed by atoms with E-state index in [2.05, 4.69) is 6.07 Å². The number of carbonyl (C=O) groups is 1. The highest BCUT2D eigenvalue weighted by molar-refractivity contribution is 5.69. The summed E-state index contributed by atoms with van der Waals surface area (Å²) in [6, 6.07) is 6.11. The lowest BCUT2D eigenvalue weighted by Gasteiger charge is -2.07. The van der Waals surface area contributed by atoms with Gasteiger partial charge in [0.2, 0.25) is 0 Å². The maximum absolute atomic E-state index is 11.2. The van der Waals surface area contributed by atoms with E-state index in [9.17, 15) is 4.79 Å². The van der Waals surface area contributed by atoms with Crippen molar-refractivity contribution in [1.82, 2.24) is 0 Å². The lowest BCUT2D eigenvalue weighted by atomic mass is 10.1. The molecule has 1 aromatic carbocycles. The Morgan fingerprint density at radius 3 is 2.71 bits per heavy atom. The van der Waals surface area contributed by atoms with Crippen LogP contribution in [0.5, 0.6) is 5.75 Å². The number of esters is 1. The molecule has 3 nitrogen and oxygen atoms in total. The highest BCUT2D eigenvalue weighted by Crippen LogP contribution is 2.19. The maximum Gasteiger partial charge on any atom is 0.305 e. The summed E-state index contributed by atoms with van der Waals surface area (Å²) >= 11 is 0. The number of carbonyl (C=O) groups excluding carboxylic acids is 1. The topological polar surface area (TPSA) is 35.5 Å². The first-order chi connectivity index (χ1) is 8.17. The summed E-state index contributed by atoms with van der Waals surface area (Å²) in [5.41, 5.74) is 2.36. The van der Waals surface area contributed by atoms with Gasteiger partial charge in [-0.25, -0.2) is 0 Å². The Morgan fingerprint density at radius 2 is 2.12 bits per heavy atom.